The maximum Gasteiger partial charge on any atom is 0.194 e. The molecule has 0 aliphatic carbocycles. The summed E-state index contributed by atoms with van der Waals surface area (Å²) in [5.74, 6) is 0.535. The Balaban J connectivity index is 4.42. The molecule has 6 N–H and O–H groups in total. The number of rotatable bonds is 5. The van der Waals surface area contributed by atoms with Crippen LogP contribution in [0, 0.1) is 0 Å². The molecule has 0 aliphatic rings. The first-order chi connectivity index (χ1) is 6.11. The molecule has 1 atom stereocenters. The Morgan fingerprint density at radius 2 is 2.31 bits per heavy atom. The number of nitrogens with two attached hydrogens (primary N) is 1. The number of hydrogen-bond acceptors (Lipinski definition) is 3. The van der Waals surface area contributed by atoms with E-state index in [4.69, 9.17) is 10.5 Å². The van der Waals surface area contributed by atoms with Crippen LogP contribution in [0.1, 0.15) is 13.8 Å². The van der Waals surface area contributed by atoms with Crippen molar-refractivity contribution in [1.29, 1.82) is 0 Å². The first-order valence-electron chi connectivity index (χ1n) is 4.39. The Morgan fingerprint density at radius 1 is 1.69 bits per heavy atom. The van der Waals surface area contributed by atoms with Crippen LogP contribution in [0.2, 0.25) is 0 Å². The fourth-order valence-corrected chi connectivity index (χ4v) is 1.00. The lowest BCUT2D eigenvalue weighted by Gasteiger charge is -2.12. The molecule has 0 aromatic rings. The Bertz CT molecular complexity index is 195. The summed E-state index contributed by atoms with van der Waals surface area (Å²) in [6, 6.07) is 0. The fraction of sp³-hybridized carbons (Fsp3) is 0.556. The van der Waals surface area contributed by atoms with Gasteiger partial charge in [0.25, 0.3) is 0 Å². The largest absolute Gasteiger partial charge is 0.394 e. The van der Waals surface area contributed by atoms with E-state index in [1.807, 2.05) is 27.1 Å². The van der Waals surface area contributed by atoms with Crippen molar-refractivity contribution in [3.05, 3.63) is 23.7 Å². The molecule has 0 saturated carbocycles. The van der Waals surface area contributed by atoms with Crippen molar-refractivity contribution in [3.8, 4) is 0 Å². The third-order valence-corrected chi connectivity index (χ3v) is 1.55. The SMILES string of the molecule is CCOC(C)C(/C=C(/N)[NH3+])=C/NC. The minimum absolute atomic E-state index is 0.0396. The van der Waals surface area contributed by atoms with Gasteiger partial charge in [-0.2, -0.15) is 0 Å². The van der Waals surface area contributed by atoms with Crippen LogP contribution < -0.4 is 16.8 Å². The Hall–Kier alpha value is -1.00. The molecule has 4 heteroatoms. The van der Waals surface area contributed by atoms with Crippen LogP contribution in [-0.4, -0.2) is 19.8 Å². The molecule has 0 aliphatic heterocycles. The van der Waals surface area contributed by atoms with Gasteiger partial charge in [-0.3, -0.25) is 0 Å². The van der Waals surface area contributed by atoms with Crippen LogP contribution in [-0.2, 0) is 4.74 Å². The Kier molecular flexibility index (Phi) is 6.01. The second-order valence-electron chi connectivity index (χ2n) is 2.75. The molecule has 0 spiro atoms. The molecular formula is C9H20N3O+. The normalized spacial score (nSPS) is 15.7. The van der Waals surface area contributed by atoms with Crippen molar-refractivity contribution < 1.29 is 10.5 Å². The van der Waals surface area contributed by atoms with E-state index in [-0.39, 0.29) is 6.10 Å². The van der Waals surface area contributed by atoms with Gasteiger partial charge in [-0.05, 0) is 13.8 Å². The highest BCUT2D eigenvalue weighted by Crippen LogP contribution is 2.06. The predicted molar refractivity (Wildman–Crippen MR) is 53.4 cm³/mol. The standard InChI is InChI=1S/C9H19N3O/c1-4-13-7(2)8(6-12-3)5-9(10)11/h5-7,12H,4,10-11H2,1-3H3/p+1/b8-6+. The molecule has 13 heavy (non-hydrogen) atoms. The Morgan fingerprint density at radius 3 is 2.69 bits per heavy atom. The van der Waals surface area contributed by atoms with E-state index in [1.165, 1.54) is 0 Å². The molecule has 0 aromatic carbocycles. The monoisotopic (exact) mass is 186 g/mol. The molecule has 0 saturated heterocycles. The summed E-state index contributed by atoms with van der Waals surface area (Å²) in [6.45, 7) is 4.63. The minimum Gasteiger partial charge on any atom is -0.394 e. The van der Waals surface area contributed by atoms with Gasteiger partial charge < -0.3 is 21.5 Å². The van der Waals surface area contributed by atoms with Gasteiger partial charge in [-0.25, -0.2) is 0 Å². The number of hydrogen-bond donors (Lipinski definition) is 3. The molecular weight excluding hydrogens is 166 g/mol. The molecule has 0 fully saturated rings. The van der Waals surface area contributed by atoms with E-state index in [0.717, 1.165) is 5.57 Å². The van der Waals surface area contributed by atoms with E-state index >= 15 is 0 Å². The highest BCUT2D eigenvalue weighted by Gasteiger charge is 2.06. The maximum atomic E-state index is 5.48. The summed E-state index contributed by atoms with van der Waals surface area (Å²) < 4.78 is 5.42. The quantitative estimate of drug-likeness (QED) is 0.509. The van der Waals surface area contributed by atoms with Crippen molar-refractivity contribution in [1.82, 2.24) is 5.32 Å². The molecule has 76 valence electrons. The number of ether oxygens (including phenoxy) is 1. The first-order valence-corrected chi connectivity index (χ1v) is 4.39. The summed E-state index contributed by atoms with van der Waals surface area (Å²) in [4.78, 5) is 0. The molecule has 0 bridgehead atoms. The highest BCUT2D eigenvalue weighted by molar-refractivity contribution is 5.22. The zero-order chi connectivity index (χ0) is 10.3. The molecule has 0 heterocycles. The van der Waals surface area contributed by atoms with Gasteiger partial charge in [-0.15, -0.1) is 0 Å². The lowest BCUT2D eigenvalue weighted by atomic mass is 10.1. The van der Waals surface area contributed by atoms with Crippen molar-refractivity contribution in [2.24, 2.45) is 5.73 Å². The predicted octanol–water partition coefficient (Wildman–Crippen LogP) is -0.443. The van der Waals surface area contributed by atoms with Gasteiger partial charge in [-0.1, -0.05) is 0 Å². The van der Waals surface area contributed by atoms with E-state index < -0.39 is 0 Å². The summed E-state index contributed by atoms with van der Waals surface area (Å²) >= 11 is 0. The van der Waals surface area contributed by atoms with E-state index in [9.17, 15) is 0 Å². The Labute approximate surface area is 79.6 Å². The molecule has 4 nitrogen and oxygen atoms in total. The summed E-state index contributed by atoms with van der Waals surface area (Å²) in [5, 5.41) is 2.94. The smallest absolute Gasteiger partial charge is 0.194 e. The van der Waals surface area contributed by atoms with Crippen LogP contribution in [0.5, 0.6) is 0 Å². The molecule has 0 amide bonds. The molecule has 0 radical (unpaired) electrons. The van der Waals surface area contributed by atoms with Gasteiger partial charge in [0.05, 0.1) is 6.10 Å². The van der Waals surface area contributed by atoms with Gasteiger partial charge in [0.1, 0.15) is 0 Å². The van der Waals surface area contributed by atoms with Gasteiger partial charge in [0, 0.05) is 31.5 Å². The lowest BCUT2D eigenvalue weighted by molar-refractivity contribution is -0.304. The van der Waals surface area contributed by atoms with E-state index in [2.05, 4.69) is 11.1 Å². The van der Waals surface area contributed by atoms with Crippen molar-refractivity contribution in [2.45, 2.75) is 20.0 Å². The number of nitrogens with one attached hydrogen (secondary N) is 1. The summed E-state index contributed by atoms with van der Waals surface area (Å²) in [6.07, 6.45) is 3.70. The van der Waals surface area contributed by atoms with Crippen molar-refractivity contribution in [2.75, 3.05) is 13.7 Å². The maximum absolute atomic E-state index is 5.48. The topological polar surface area (TPSA) is 74.9 Å². The third-order valence-electron chi connectivity index (χ3n) is 1.55. The highest BCUT2D eigenvalue weighted by atomic mass is 16.5. The van der Waals surface area contributed by atoms with Gasteiger partial charge in [0.2, 0.25) is 0 Å². The minimum atomic E-state index is 0.0396. The zero-order valence-electron chi connectivity index (χ0n) is 8.63. The van der Waals surface area contributed by atoms with Crippen molar-refractivity contribution >= 4 is 0 Å². The van der Waals surface area contributed by atoms with E-state index in [1.54, 1.807) is 6.08 Å². The second-order valence-corrected chi connectivity index (χ2v) is 2.75. The average molecular weight is 186 g/mol. The van der Waals surface area contributed by atoms with Crippen LogP contribution in [0.3, 0.4) is 0 Å². The summed E-state index contributed by atoms with van der Waals surface area (Å²) in [5.41, 5.74) is 10.1. The molecule has 0 rings (SSSR count). The third kappa shape index (κ3) is 5.27. The van der Waals surface area contributed by atoms with Crippen molar-refractivity contribution in [3.63, 3.8) is 0 Å². The van der Waals surface area contributed by atoms with E-state index in [0.29, 0.717) is 12.4 Å². The first kappa shape index (κ1) is 12.0. The van der Waals surface area contributed by atoms with Crippen LogP contribution in [0.15, 0.2) is 23.7 Å². The fourth-order valence-electron chi connectivity index (χ4n) is 1.00. The second kappa shape index (κ2) is 6.51. The van der Waals surface area contributed by atoms with Gasteiger partial charge >= 0.3 is 0 Å². The van der Waals surface area contributed by atoms with Crippen LogP contribution in [0.4, 0.5) is 0 Å². The van der Waals surface area contributed by atoms with Gasteiger partial charge in [0.15, 0.2) is 5.82 Å². The summed E-state index contributed by atoms with van der Waals surface area (Å²) in [7, 11) is 1.84. The lowest BCUT2D eigenvalue weighted by Crippen LogP contribution is -2.52. The molecule has 1 unspecified atom stereocenters. The molecule has 0 aromatic heterocycles. The van der Waals surface area contributed by atoms with Crippen LogP contribution in [0.25, 0.3) is 0 Å². The van der Waals surface area contributed by atoms with Crippen LogP contribution >= 0.6 is 0 Å². The number of quaternary nitrogens is 1. The zero-order valence-corrected chi connectivity index (χ0v) is 8.63. The average Bonchev–Trinajstić information content (AvgIpc) is 2.03.